The molecule has 0 bridgehead atoms. The Morgan fingerprint density at radius 1 is 2.00 bits per heavy atom. The topological polar surface area (TPSA) is 37.3 Å². The lowest BCUT2D eigenvalue weighted by molar-refractivity contribution is -0.131. The molecule has 1 saturated carbocycles. The number of carbonyl (C=O) groups is 1. The summed E-state index contributed by atoms with van der Waals surface area (Å²) in [6, 6.07) is 0. The molecule has 0 radical (unpaired) electrons. The first-order valence-corrected chi connectivity index (χ1v) is 2.63. The molecule has 0 aliphatic heterocycles. The van der Waals surface area contributed by atoms with Gasteiger partial charge in [0.25, 0.3) is 0 Å². The monoisotopic (exact) mass is 112 g/mol. The van der Waals surface area contributed by atoms with Crippen molar-refractivity contribution in [2.24, 2.45) is 5.92 Å². The summed E-state index contributed by atoms with van der Waals surface area (Å²) in [5.74, 6) is -0.282. The fourth-order valence-corrected chi connectivity index (χ4v) is 0.654. The number of hydrogen-bond donors (Lipinski definition) is 1. The van der Waals surface area contributed by atoms with Crippen LogP contribution in [0.1, 0.15) is 13.3 Å². The van der Waals surface area contributed by atoms with E-state index in [1.807, 2.05) is 6.92 Å². The lowest BCUT2D eigenvalue weighted by atomic mass is 10.4. The van der Waals surface area contributed by atoms with E-state index in [1.165, 1.54) is 6.08 Å². The summed E-state index contributed by atoms with van der Waals surface area (Å²) >= 11 is 0. The van der Waals surface area contributed by atoms with Crippen molar-refractivity contribution in [1.29, 1.82) is 0 Å². The number of allylic oxidation sites excluding steroid dienone is 1. The number of hydrogen-bond acceptors (Lipinski definition) is 1. The van der Waals surface area contributed by atoms with E-state index in [4.69, 9.17) is 5.11 Å². The normalized spacial score (nSPS) is 30.6. The molecular formula is C6H8O2. The van der Waals surface area contributed by atoms with Gasteiger partial charge in [0.2, 0.25) is 0 Å². The molecule has 1 aliphatic rings. The van der Waals surface area contributed by atoms with E-state index in [1.54, 1.807) is 0 Å². The molecule has 44 valence electrons. The first-order chi connectivity index (χ1) is 3.70. The van der Waals surface area contributed by atoms with Gasteiger partial charge in [-0.1, -0.05) is 12.5 Å². The van der Waals surface area contributed by atoms with E-state index in [9.17, 15) is 4.79 Å². The third kappa shape index (κ3) is 1.09. The van der Waals surface area contributed by atoms with Crippen LogP contribution >= 0.6 is 0 Å². The highest BCUT2D eigenvalue weighted by molar-refractivity contribution is 5.81. The van der Waals surface area contributed by atoms with E-state index in [-0.39, 0.29) is 0 Å². The molecule has 0 aromatic carbocycles. The highest BCUT2D eigenvalue weighted by Crippen LogP contribution is 2.36. The molecule has 1 fully saturated rings. The maximum absolute atomic E-state index is 9.92. The van der Waals surface area contributed by atoms with Gasteiger partial charge in [0.15, 0.2) is 0 Å². The highest BCUT2D eigenvalue weighted by Gasteiger charge is 2.24. The average molecular weight is 112 g/mol. The summed E-state index contributed by atoms with van der Waals surface area (Å²) in [4.78, 5) is 9.92. The van der Waals surface area contributed by atoms with Crippen LogP contribution in [0, 0.1) is 5.92 Å². The first-order valence-electron chi connectivity index (χ1n) is 2.63. The quantitative estimate of drug-likeness (QED) is 0.514. The van der Waals surface area contributed by atoms with Crippen LogP contribution in [0.4, 0.5) is 0 Å². The van der Waals surface area contributed by atoms with Crippen LogP contribution in [-0.2, 0) is 4.79 Å². The molecule has 1 aliphatic carbocycles. The Hall–Kier alpha value is -0.790. The Kier molecular flexibility index (Phi) is 1.08. The SMILES string of the molecule is CC1CC1=CC(=O)O. The van der Waals surface area contributed by atoms with E-state index in [0.29, 0.717) is 5.92 Å². The predicted molar refractivity (Wildman–Crippen MR) is 29.5 cm³/mol. The first kappa shape index (κ1) is 5.35. The predicted octanol–water partition coefficient (Wildman–Crippen LogP) is 1.04. The summed E-state index contributed by atoms with van der Waals surface area (Å²) in [6.07, 6.45) is 2.27. The van der Waals surface area contributed by atoms with Crippen molar-refractivity contribution >= 4 is 5.97 Å². The van der Waals surface area contributed by atoms with E-state index in [2.05, 4.69) is 0 Å². The van der Waals surface area contributed by atoms with Crippen LogP contribution in [-0.4, -0.2) is 11.1 Å². The zero-order chi connectivity index (χ0) is 6.15. The van der Waals surface area contributed by atoms with Crippen molar-refractivity contribution in [3.05, 3.63) is 11.6 Å². The summed E-state index contributed by atoms with van der Waals surface area (Å²) in [6.45, 7) is 2.02. The van der Waals surface area contributed by atoms with Crippen LogP contribution in [0.5, 0.6) is 0 Å². The largest absolute Gasteiger partial charge is 0.478 e. The summed E-state index contributed by atoms with van der Waals surface area (Å²) in [5.41, 5.74) is 1.07. The van der Waals surface area contributed by atoms with Gasteiger partial charge in [-0.05, 0) is 12.3 Å². The van der Waals surface area contributed by atoms with Crippen molar-refractivity contribution in [2.45, 2.75) is 13.3 Å². The van der Waals surface area contributed by atoms with Crippen molar-refractivity contribution < 1.29 is 9.90 Å². The van der Waals surface area contributed by atoms with E-state index in [0.717, 1.165) is 12.0 Å². The van der Waals surface area contributed by atoms with Gasteiger partial charge >= 0.3 is 5.97 Å². The number of carboxylic acids is 1. The van der Waals surface area contributed by atoms with Crippen molar-refractivity contribution in [3.8, 4) is 0 Å². The smallest absolute Gasteiger partial charge is 0.328 e. The second-order valence-corrected chi connectivity index (χ2v) is 2.16. The van der Waals surface area contributed by atoms with Gasteiger partial charge in [0.05, 0.1) is 0 Å². The van der Waals surface area contributed by atoms with Gasteiger partial charge < -0.3 is 5.11 Å². The lowest BCUT2D eigenvalue weighted by Gasteiger charge is -1.73. The van der Waals surface area contributed by atoms with Crippen LogP contribution in [0.15, 0.2) is 11.6 Å². The summed E-state index contributed by atoms with van der Waals surface area (Å²) in [5, 5.41) is 8.17. The Morgan fingerprint density at radius 3 is 2.62 bits per heavy atom. The third-order valence-electron chi connectivity index (χ3n) is 1.32. The second-order valence-electron chi connectivity index (χ2n) is 2.16. The third-order valence-corrected chi connectivity index (χ3v) is 1.32. The molecule has 2 nitrogen and oxygen atoms in total. The molecule has 1 unspecified atom stereocenters. The van der Waals surface area contributed by atoms with Crippen LogP contribution < -0.4 is 0 Å². The number of rotatable bonds is 1. The molecule has 0 heterocycles. The molecule has 0 aromatic heterocycles. The highest BCUT2D eigenvalue weighted by atomic mass is 16.4. The minimum absolute atomic E-state index is 0.533. The molecule has 8 heavy (non-hydrogen) atoms. The van der Waals surface area contributed by atoms with Crippen molar-refractivity contribution in [3.63, 3.8) is 0 Å². The van der Waals surface area contributed by atoms with Gasteiger partial charge in [-0.3, -0.25) is 0 Å². The lowest BCUT2D eigenvalue weighted by Crippen LogP contribution is -1.85. The van der Waals surface area contributed by atoms with Crippen molar-refractivity contribution in [2.75, 3.05) is 0 Å². The maximum atomic E-state index is 9.92. The van der Waals surface area contributed by atoms with Gasteiger partial charge in [0, 0.05) is 6.08 Å². The Bertz CT molecular complexity index is 147. The molecule has 0 saturated heterocycles. The molecule has 1 N–H and O–H groups in total. The second kappa shape index (κ2) is 1.62. The minimum Gasteiger partial charge on any atom is -0.478 e. The van der Waals surface area contributed by atoms with E-state index >= 15 is 0 Å². The Balaban J connectivity index is 2.47. The van der Waals surface area contributed by atoms with Gasteiger partial charge in [-0.2, -0.15) is 0 Å². The number of aliphatic carboxylic acids is 1. The average Bonchev–Trinajstić information content (AvgIpc) is 2.17. The molecule has 1 atom stereocenters. The standard InChI is InChI=1S/C6H8O2/c1-4-2-5(4)3-6(7)8/h3-4H,2H2,1H3,(H,7,8). The molecule has 1 rings (SSSR count). The van der Waals surface area contributed by atoms with Crippen LogP contribution in [0.2, 0.25) is 0 Å². The van der Waals surface area contributed by atoms with E-state index < -0.39 is 5.97 Å². The summed E-state index contributed by atoms with van der Waals surface area (Å²) in [7, 11) is 0. The van der Waals surface area contributed by atoms with Gasteiger partial charge in [0.1, 0.15) is 0 Å². The molecular weight excluding hydrogens is 104 g/mol. The maximum Gasteiger partial charge on any atom is 0.328 e. The number of carboxylic acid groups (broad SMARTS) is 1. The zero-order valence-electron chi connectivity index (χ0n) is 4.72. The fourth-order valence-electron chi connectivity index (χ4n) is 0.654. The molecule has 0 aromatic rings. The Morgan fingerprint density at radius 2 is 2.50 bits per heavy atom. The van der Waals surface area contributed by atoms with Crippen LogP contribution in [0.3, 0.4) is 0 Å². The Labute approximate surface area is 47.8 Å². The van der Waals surface area contributed by atoms with Crippen molar-refractivity contribution in [1.82, 2.24) is 0 Å². The van der Waals surface area contributed by atoms with Crippen LogP contribution in [0.25, 0.3) is 0 Å². The molecule has 2 heteroatoms. The molecule has 0 amide bonds. The molecule has 0 spiro atoms. The zero-order valence-corrected chi connectivity index (χ0v) is 4.72. The fraction of sp³-hybridized carbons (Fsp3) is 0.500. The minimum atomic E-state index is -0.815. The van der Waals surface area contributed by atoms with Gasteiger partial charge in [-0.25, -0.2) is 4.79 Å². The van der Waals surface area contributed by atoms with Gasteiger partial charge in [-0.15, -0.1) is 0 Å². The summed E-state index contributed by atoms with van der Waals surface area (Å²) < 4.78 is 0.